The molecule has 0 spiro atoms. The summed E-state index contributed by atoms with van der Waals surface area (Å²) in [5, 5.41) is 13.3. The predicted octanol–water partition coefficient (Wildman–Crippen LogP) is 4.13. The Bertz CT molecular complexity index is 812. The number of hydrogen-bond donors (Lipinski definition) is 2. The maximum absolute atomic E-state index is 10.5. The van der Waals surface area contributed by atoms with Crippen molar-refractivity contribution in [3.05, 3.63) is 42.0 Å². The van der Waals surface area contributed by atoms with E-state index in [4.69, 9.17) is 19.3 Å². The third-order valence-electron chi connectivity index (χ3n) is 5.37. The van der Waals surface area contributed by atoms with Gasteiger partial charge in [0.05, 0.1) is 19.8 Å². The Labute approximate surface area is 164 Å². The fraction of sp³-hybridized carbons (Fsp3) is 0.500. The molecule has 1 amide bonds. The lowest BCUT2D eigenvalue weighted by Gasteiger charge is -2.30. The number of amides is 1. The van der Waals surface area contributed by atoms with E-state index < -0.39 is 6.09 Å². The molecule has 28 heavy (non-hydrogen) atoms. The summed E-state index contributed by atoms with van der Waals surface area (Å²) < 4.78 is 17.7. The molecule has 1 heterocycles. The molecule has 1 saturated heterocycles. The molecule has 6 nitrogen and oxygen atoms in total. The van der Waals surface area contributed by atoms with Gasteiger partial charge in [-0.15, -0.1) is 0 Å². The van der Waals surface area contributed by atoms with E-state index in [0.29, 0.717) is 32.6 Å². The van der Waals surface area contributed by atoms with Crippen molar-refractivity contribution in [2.45, 2.75) is 37.9 Å². The van der Waals surface area contributed by atoms with Crippen LogP contribution >= 0.6 is 0 Å². The second kappa shape index (κ2) is 8.80. The first-order valence-electron chi connectivity index (χ1n) is 10.0. The normalized spacial score (nSPS) is 22.1. The predicted molar refractivity (Wildman–Crippen MR) is 106 cm³/mol. The van der Waals surface area contributed by atoms with E-state index in [1.807, 2.05) is 0 Å². The first-order chi connectivity index (χ1) is 13.7. The van der Waals surface area contributed by atoms with Gasteiger partial charge in [-0.2, -0.15) is 0 Å². The lowest BCUT2D eigenvalue weighted by molar-refractivity contribution is -0.189. The molecule has 2 fully saturated rings. The van der Waals surface area contributed by atoms with E-state index in [1.165, 1.54) is 29.2 Å². The van der Waals surface area contributed by atoms with Crippen LogP contribution in [0, 0.1) is 5.92 Å². The quantitative estimate of drug-likeness (QED) is 0.668. The molecule has 0 radical (unpaired) electrons. The van der Waals surface area contributed by atoms with Gasteiger partial charge in [0.2, 0.25) is 0 Å². The number of ether oxygens (including phenoxy) is 3. The van der Waals surface area contributed by atoms with Crippen LogP contribution in [-0.4, -0.2) is 43.9 Å². The lowest BCUT2D eigenvalue weighted by Crippen LogP contribution is -2.32. The molecule has 2 aromatic carbocycles. The van der Waals surface area contributed by atoms with E-state index in [-0.39, 0.29) is 12.2 Å². The van der Waals surface area contributed by atoms with Crippen molar-refractivity contribution in [1.82, 2.24) is 5.32 Å². The summed E-state index contributed by atoms with van der Waals surface area (Å²) in [6.45, 7) is 2.45. The molecule has 1 aliphatic heterocycles. The Morgan fingerprint density at radius 3 is 2.75 bits per heavy atom. The first-order valence-corrected chi connectivity index (χ1v) is 10.0. The van der Waals surface area contributed by atoms with E-state index in [1.54, 1.807) is 0 Å². The van der Waals surface area contributed by atoms with Crippen LogP contribution in [0.25, 0.3) is 10.8 Å². The molecule has 1 aliphatic carbocycles. The van der Waals surface area contributed by atoms with Crippen molar-refractivity contribution in [2.24, 2.45) is 5.92 Å². The van der Waals surface area contributed by atoms with Crippen LogP contribution < -0.4 is 10.1 Å². The topological polar surface area (TPSA) is 77.0 Å². The highest BCUT2D eigenvalue weighted by Crippen LogP contribution is 2.33. The van der Waals surface area contributed by atoms with E-state index in [2.05, 4.69) is 41.7 Å². The first kappa shape index (κ1) is 19.0. The SMILES string of the molecule is O=C(O)NCCCC1OCC(c2cccc3cc(OCC4CC4)ccc23)CO1. The van der Waals surface area contributed by atoms with Crippen molar-refractivity contribution in [3.8, 4) is 5.75 Å². The molecule has 4 rings (SSSR count). The molecular weight excluding hydrogens is 358 g/mol. The van der Waals surface area contributed by atoms with E-state index in [0.717, 1.165) is 18.3 Å². The molecule has 0 aromatic heterocycles. The van der Waals surface area contributed by atoms with Crippen molar-refractivity contribution >= 4 is 16.9 Å². The number of carboxylic acid groups (broad SMARTS) is 1. The summed E-state index contributed by atoms with van der Waals surface area (Å²) in [6, 6.07) is 12.6. The number of fused-ring (bicyclic) bond motifs is 1. The minimum absolute atomic E-state index is 0.190. The van der Waals surface area contributed by atoms with Gasteiger partial charge in [-0.1, -0.05) is 24.3 Å². The van der Waals surface area contributed by atoms with Gasteiger partial charge in [0.25, 0.3) is 0 Å². The van der Waals surface area contributed by atoms with Crippen molar-refractivity contribution in [1.29, 1.82) is 0 Å². The zero-order valence-electron chi connectivity index (χ0n) is 15.9. The van der Waals surface area contributed by atoms with Gasteiger partial charge in [0.15, 0.2) is 6.29 Å². The smallest absolute Gasteiger partial charge is 0.404 e. The summed E-state index contributed by atoms with van der Waals surface area (Å²) in [5.41, 5.74) is 1.23. The molecule has 2 N–H and O–H groups in total. The maximum atomic E-state index is 10.5. The van der Waals surface area contributed by atoms with Crippen molar-refractivity contribution < 1.29 is 24.1 Å². The van der Waals surface area contributed by atoms with Crippen LogP contribution in [0.3, 0.4) is 0 Å². The Morgan fingerprint density at radius 1 is 1.18 bits per heavy atom. The maximum Gasteiger partial charge on any atom is 0.404 e. The average Bonchev–Trinajstić information content (AvgIpc) is 3.54. The Hall–Kier alpha value is -2.31. The standard InChI is InChI=1S/C22H27NO5/c24-22(25)23-10-2-5-21-27-13-17(14-28-21)19-4-1-3-16-11-18(8-9-20(16)19)26-12-15-6-7-15/h1,3-4,8-9,11,15,17,21,23H,2,5-7,10,12-14H2,(H,24,25). The Morgan fingerprint density at radius 2 is 2.00 bits per heavy atom. The van der Waals surface area contributed by atoms with Crippen LogP contribution in [0.4, 0.5) is 4.79 Å². The Kier molecular flexibility index (Phi) is 5.98. The van der Waals surface area contributed by atoms with Crippen LogP contribution in [-0.2, 0) is 9.47 Å². The highest BCUT2D eigenvalue weighted by Gasteiger charge is 2.25. The second-order valence-corrected chi connectivity index (χ2v) is 7.65. The van der Waals surface area contributed by atoms with Gasteiger partial charge < -0.3 is 24.6 Å². The van der Waals surface area contributed by atoms with Crippen LogP contribution in [0.1, 0.15) is 37.2 Å². The van der Waals surface area contributed by atoms with Gasteiger partial charge in [0.1, 0.15) is 5.75 Å². The largest absolute Gasteiger partial charge is 0.493 e. The molecule has 1 saturated carbocycles. The molecule has 150 valence electrons. The molecule has 0 bridgehead atoms. The third kappa shape index (κ3) is 4.94. The monoisotopic (exact) mass is 385 g/mol. The highest BCUT2D eigenvalue weighted by molar-refractivity contribution is 5.87. The van der Waals surface area contributed by atoms with Crippen molar-refractivity contribution in [3.63, 3.8) is 0 Å². The molecule has 6 heteroatoms. The zero-order chi connectivity index (χ0) is 19.3. The summed E-state index contributed by atoms with van der Waals surface area (Å²) in [6.07, 6.45) is 2.70. The Balaban J connectivity index is 1.34. The minimum atomic E-state index is -0.998. The molecule has 2 aromatic rings. The van der Waals surface area contributed by atoms with E-state index in [9.17, 15) is 4.79 Å². The van der Waals surface area contributed by atoms with Crippen LogP contribution in [0.2, 0.25) is 0 Å². The molecular formula is C22H27NO5. The van der Waals surface area contributed by atoms with Crippen LogP contribution in [0.15, 0.2) is 36.4 Å². The number of carbonyl (C=O) groups is 1. The third-order valence-corrected chi connectivity index (χ3v) is 5.37. The number of hydrogen-bond acceptors (Lipinski definition) is 4. The molecule has 2 aliphatic rings. The van der Waals surface area contributed by atoms with Gasteiger partial charge in [-0.05, 0) is 53.6 Å². The van der Waals surface area contributed by atoms with E-state index >= 15 is 0 Å². The number of rotatable bonds is 8. The van der Waals surface area contributed by atoms with Gasteiger partial charge in [0, 0.05) is 18.9 Å². The fourth-order valence-electron chi connectivity index (χ4n) is 3.58. The van der Waals surface area contributed by atoms with Gasteiger partial charge in [-0.25, -0.2) is 4.79 Å². The average molecular weight is 385 g/mol. The van der Waals surface area contributed by atoms with Crippen molar-refractivity contribution in [2.75, 3.05) is 26.4 Å². The summed E-state index contributed by atoms with van der Waals surface area (Å²) in [4.78, 5) is 10.5. The lowest BCUT2D eigenvalue weighted by atomic mass is 9.94. The fourth-order valence-corrected chi connectivity index (χ4v) is 3.58. The summed E-state index contributed by atoms with van der Waals surface area (Å²) >= 11 is 0. The van der Waals surface area contributed by atoms with Gasteiger partial charge in [-0.3, -0.25) is 0 Å². The molecule has 0 unspecified atom stereocenters. The van der Waals surface area contributed by atoms with Gasteiger partial charge >= 0.3 is 6.09 Å². The van der Waals surface area contributed by atoms with Crippen LogP contribution in [0.5, 0.6) is 5.75 Å². The number of nitrogens with one attached hydrogen (secondary N) is 1. The summed E-state index contributed by atoms with van der Waals surface area (Å²) in [5.74, 6) is 1.87. The molecule has 0 atom stereocenters. The second-order valence-electron chi connectivity index (χ2n) is 7.65. The summed E-state index contributed by atoms with van der Waals surface area (Å²) in [7, 11) is 0. The highest BCUT2D eigenvalue weighted by atomic mass is 16.7. The zero-order valence-corrected chi connectivity index (χ0v) is 15.9. The minimum Gasteiger partial charge on any atom is -0.493 e. The number of benzene rings is 2.